The van der Waals surface area contributed by atoms with Crippen LogP contribution in [0.3, 0.4) is 0 Å². The van der Waals surface area contributed by atoms with Crippen LogP contribution in [-0.4, -0.2) is 0 Å². The molecule has 0 unspecified atom stereocenters. The molecule has 2 heterocycles. The first kappa shape index (κ1) is 8.24. The predicted octanol–water partition coefficient (Wildman–Crippen LogP) is 2.73. The molecule has 3 heteroatoms. The van der Waals surface area contributed by atoms with Crippen LogP contribution >= 0.6 is 11.3 Å². The summed E-state index contributed by atoms with van der Waals surface area (Å²) < 4.78 is 6.50. The van der Waals surface area contributed by atoms with Gasteiger partial charge in [-0.25, -0.2) is 0 Å². The van der Waals surface area contributed by atoms with Crippen molar-refractivity contribution in [2.24, 2.45) is 0 Å². The molecule has 0 radical (unpaired) electrons. The zero-order valence-electron chi connectivity index (χ0n) is 7.71. The Labute approximate surface area is 85.2 Å². The topological polar surface area (TPSA) is 30.2 Å². The summed E-state index contributed by atoms with van der Waals surface area (Å²) in [4.78, 5) is 12.0. The number of rotatable bonds is 0. The number of hydrogen-bond donors (Lipinski definition) is 0. The van der Waals surface area contributed by atoms with Gasteiger partial charge in [-0.3, -0.25) is 4.79 Å². The molecule has 2 aromatic heterocycles. The van der Waals surface area contributed by atoms with Crippen LogP contribution in [0.2, 0.25) is 0 Å². The Bertz CT molecular complexity index is 536. The van der Waals surface area contributed by atoms with E-state index in [1.54, 1.807) is 0 Å². The highest BCUT2D eigenvalue weighted by molar-refractivity contribution is 7.17. The third-order valence-electron chi connectivity index (χ3n) is 2.76. The van der Waals surface area contributed by atoms with Crippen molar-refractivity contribution >= 4 is 21.6 Å². The summed E-state index contributed by atoms with van der Waals surface area (Å²) in [5.41, 5.74) is 1.89. The normalized spacial score (nSPS) is 15.7. The highest BCUT2D eigenvalue weighted by Crippen LogP contribution is 2.25. The third kappa shape index (κ3) is 1.05. The van der Waals surface area contributed by atoms with Crippen LogP contribution < -0.4 is 5.43 Å². The average molecular weight is 206 g/mol. The molecule has 0 amide bonds. The van der Waals surface area contributed by atoms with Crippen molar-refractivity contribution in [2.45, 2.75) is 25.7 Å². The molecular weight excluding hydrogens is 196 g/mol. The van der Waals surface area contributed by atoms with E-state index in [1.807, 2.05) is 11.4 Å². The largest absolute Gasteiger partial charge is 0.460 e. The molecule has 2 aromatic rings. The molecule has 0 N–H and O–H groups in total. The summed E-state index contributed by atoms with van der Waals surface area (Å²) >= 11 is 1.48. The first-order valence-corrected chi connectivity index (χ1v) is 5.76. The Hall–Kier alpha value is -1.09. The molecule has 0 saturated heterocycles. The fourth-order valence-corrected chi connectivity index (χ4v) is 2.83. The summed E-state index contributed by atoms with van der Waals surface area (Å²) in [5.74, 6) is 0.923. The van der Waals surface area contributed by atoms with Crippen LogP contribution in [-0.2, 0) is 12.8 Å². The molecular formula is C11H10O2S. The molecule has 0 aromatic carbocycles. The maximum atomic E-state index is 12.0. The SMILES string of the molecule is O=c1c2c(oc3ccsc13)CCCC2. The second-order valence-electron chi connectivity index (χ2n) is 3.65. The Morgan fingerprint density at radius 3 is 3.07 bits per heavy atom. The van der Waals surface area contributed by atoms with E-state index in [2.05, 4.69) is 0 Å². The second kappa shape index (κ2) is 2.95. The van der Waals surface area contributed by atoms with Crippen molar-refractivity contribution in [1.82, 2.24) is 0 Å². The molecule has 0 aliphatic heterocycles. The van der Waals surface area contributed by atoms with E-state index in [9.17, 15) is 4.79 Å². The quantitative estimate of drug-likeness (QED) is 0.663. The van der Waals surface area contributed by atoms with Crippen molar-refractivity contribution in [3.63, 3.8) is 0 Å². The van der Waals surface area contributed by atoms with Crippen LogP contribution in [0.15, 0.2) is 20.7 Å². The first-order valence-electron chi connectivity index (χ1n) is 4.88. The predicted molar refractivity (Wildman–Crippen MR) is 57.0 cm³/mol. The lowest BCUT2D eigenvalue weighted by Crippen LogP contribution is -2.15. The Balaban J connectivity index is 2.42. The highest BCUT2D eigenvalue weighted by Gasteiger charge is 2.17. The molecule has 0 saturated carbocycles. The van der Waals surface area contributed by atoms with Gasteiger partial charge in [-0.1, -0.05) is 0 Å². The monoisotopic (exact) mass is 206 g/mol. The van der Waals surface area contributed by atoms with E-state index in [4.69, 9.17) is 4.42 Å². The van der Waals surface area contributed by atoms with Gasteiger partial charge in [-0.15, -0.1) is 11.3 Å². The maximum Gasteiger partial charge on any atom is 0.206 e. The Morgan fingerprint density at radius 1 is 1.29 bits per heavy atom. The summed E-state index contributed by atoms with van der Waals surface area (Å²) in [5, 5.41) is 1.92. The van der Waals surface area contributed by atoms with Gasteiger partial charge in [-0.05, 0) is 30.7 Å². The third-order valence-corrected chi connectivity index (χ3v) is 3.65. The number of hydrogen-bond acceptors (Lipinski definition) is 3. The van der Waals surface area contributed by atoms with Gasteiger partial charge in [0.1, 0.15) is 16.0 Å². The molecule has 0 spiro atoms. The van der Waals surface area contributed by atoms with Crippen LogP contribution in [0, 0.1) is 0 Å². The molecule has 2 nitrogen and oxygen atoms in total. The minimum atomic E-state index is 0.205. The number of aryl methyl sites for hydroxylation is 1. The molecule has 72 valence electrons. The van der Waals surface area contributed by atoms with Crippen molar-refractivity contribution in [3.05, 3.63) is 33.0 Å². The molecule has 0 atom stereocenters. The van der Waals surface area contributed by atoms with Gasteiger partial charge in [-0.2, -0.15) is 0 Å². The molecule has 3 rings (SSSR count). The summed E-state index contributed by atoms with van der Waals surface area (Å²) in [6.45, 7) is 0. The Morgan fingerprint density at radius 2 is 2.14 bits per heavy atom. The van der Waals surface area contributed by atoms with Crippen LogP contribution in [0.1, 0.15) is 24.2 Å². The van der Waals surface area contributed by atoms with Gasteiger partial charge in [0.05, 0.1) is 0 Å². The van der Waals surface area contributed by atoms with Gasteiger partial charge >= 0.3 is 0 Å². The molecule has 0 bridgehead atoms. The van der Waals surface area contributed by atoms with E-state index < -0.39 is 0 Å². The van der Waals surface area contributed by atoms with Gasteiger partial charge in [0.15, 0.2) is 0 Å². The number of thiophene rings is 1. The lowest BCUT2D eigenvalue weighted by atomic mass is 9.97. The van der Waals surface area contributed by atoms with Crippen LogP contribution in [0.4, 0.5) is 0 Å². The molecule has 14 heavy (non-hydrogen) atoms. The summed E-state index contributed by atoms with van der Waals surface area (Å²) in [7, 11) is 0. The molecule has 0 fully saturated rings. The van der Waals surface area contributed by atoms with Crippen molar-refractivity contribution < 1.29 is 4.42 Å². The summed E-state index contributed by atoms with van der Waals surface area (Å²) in [6.07, 6.45) is 4.09. The number of fused-ring (bicyclic) bond motifs is 2. The first-order chi connectivity index (χ1) is 6.86. The molecule has 1 aliphatic rings. The average Bonchev–Trinajstić information content (AvgIpc) is 2.66. The maximum absolute atomic E-state index is 12.0. The fraction of sp³-hybridized carbons (Fsp3) is 0.364. The van der Waals surface area contributed by atoms with E-state index in [0.717, 1.165) is 47.3 Å². The van der Waals surface area contributed by atoms with E-state index >= 15 is 0 Å². The second-order valence-corrected chi connectivity index (χ2v) is 4.57. The summed E-state index contributed by atoms with van der Waals surface area (Å²) in [6, 6.07) is 1.89. The van der Waals surface area contributed by atoms with E-state index in [0.29, 0.717) is 0 Å². The minimum Gasteiger partial charge on any atom is -0.460 e. The van der Waals surface area contributed by atoms with Gasteiger partial charge < -0.3 is 4.42 Å². The van der Waals surface area contributed by atoms with Crippen LogP contribution in [0.5, 0.6) is 0 Å². The van der Waals surface area contributed by atoms with Gasteiger partial charge in [0, 0.05) is 12.0 Å². The minimum absolute atomic E-state index is 0.205. The lowest BCUT2D eigenvalue weighted by Gasteiger charge is -2.12. The Kier molecular flexibility index (Phi) is 1.74. The molecule has 1 aliphatic carbocycles. The van der Waals surface area contributed by atoms with E-state index in [1.165, 1.54) is 11.3 Å². The van der Waals surface area contributed by atoms with Gasteiger partial charge in [0.25, 0.3) is 0 Å². The smallest absolute Gasteiger partial charge is 0.206 e. The fourth-order valence-electron chi connectivity index (χ4n) is 2.04. The lowest BCUT2D eigenvalue weighted by molar-refractivity contribution is 0.488. The van der Waals surface area contributed by atoms with Crippen molar-refractivity contribution in [3.8, 4) is 0 Å². The van der Waals surface area contributed by atoms with Crippen LogP contribution in [0.25, 0.3) is 10.3 Å². The zero-order valence-corrected chi connectivity index (χ0v) is 8.52. The standard InChI is InChI=1S/C11H10O2S/c12-10-7-3-1-2-4-8(7)13-9-5-6-14-11(9)10/h5-6H,1-4H2. The van der Waals surface area contributed by atoms with Crippen molar-refractivity contribution in [1.29, 1.82) is 0 Å². The zero-order chi connectivity index (χ0) is 9.54. The highest BCUT2D eigenvalue weighted by atomic mass is 32.1. The van der Waals surface area contributed by atoms with E-state index in [-0.39, 0.29) is 5.43 Å². The van der Waals surface area contributed by atoms with Gasteiger partial charge in [0.2, 0.25) is 5.43 Å². The van der Waals surface area contributed by atoms with Crippen molar-refractivity contribution in [2.75, 3.05) is 0 Å².